The molecule has 0 unspecified atom stereocenters. The average molecular weight is 300 g/mol. The molecule has 0 saturated carbocycles. The molecule has 1 aliphatic rings. The van der Waals surface area contributed by atoms with Crippen LogP contribution in [0.2, 0.25) is 0 Å². The van der Waals surface area contributed by atoms with Crippen molar-refractivity contribution in [3.63, 3.8) is 0 Å². The molecule has 0 aromatic carbocycles. The van der Waals surface area contributed by atoms with Crippen LogP contribution in [0.25, 0.3) is 0 Å². The van der Waals surface area contributed by atoms with Crippen molar-refractivity contribution in [3.8, 4) is 0 Å². The fourth-order valence-corrected chi connectivity index (χ4v) is 2.42. The predicted octanol–water partition coefficient (Wildman–Crippen LogP) is 0.794. The van der Waals surface area contributed by atoms with E-state index in [4.69, 9.17) is 5.90 Å². The van der Waals surface area contributed by atoms with E-state index in [0.717, 1.165) is 38.5 Å². The minimum atomic E-state index is -0.0769. The van der Waals surface area contributed by atoms with Crippen LogP contribution in [-0.4, -0.2) is 37.2 Å². The maximum absolute atomic E-state index is 11.6. The maximum atomic E-state index is 11.6. The highest BCUT2D eigenvalue weighted by Gasteiger charge is 2.26. The fourth-order valence-electron chi connectivity index (χ4n) is 2.42. The number of hydrogen-bond donors (Lipinski definition) is 4. The molecule has 5 N–H and O–H groups in total. The van der Waals surface area contributed by atoms with E-state index in [1.165, 1.54) is 0 Å². The van der Waals surface area contributed by atoms with E-state index in [2.05, 4.69) is 20.8 Å². The zero-order chi connectivity index (χ0) is 15.5. The summed E-state index contributed by atoms with van der Waals surface area (Å²) in [6.45, 7) is 3.21. The molecule has 1 heterocycles. The lowest BCUT2D eigenvalue weighted by Gasteiger charge is -2.13. The number of urea groups is 1. The molecule has 3 amide bonds. The Balaban J connectivity index is 1.91. The number of nitrogens with two attached hydrogens (primary N) is 1. The third kappa shape index (κ3) is 7.87. The quantitative estimate of drug-likeness (QED) is 0.334. The van der Waals surface area contributed by atoms with Crippen molar-refractivity contribution in [1.29, 1.82) is 0 Å². The summed E-state index contributed by atoms with van der Waals surface area (Å²) in [4.78, 5) is 27.1. The number of unbranched alkanes of at least 4 members (excludes halogenated alkanes) is 3. The van der Waals surface area contributed by atoms with E-state index in [1.807, 2.05) is 6.92 Å². The number of rotatable bonds is 11. The van der Waals surface area contributed by atoms with Gasteiger partial charge in [0.15, 0.2) is 0 Å². The highest BCUT2D eigenvalue weighted by molar-refractivity contribution is 5.77. The van der Waals surface area contributed by atoms with Crippen LogP contribution in [0.4, 0.5) is 4.79 Å². The van der Waals surface area contributed by atoms with Crippen LogP contribution >= 0.6 is 0 Å². The SMILES string of the molecule is C[C@H]1NC(=O)N[C@H]1CCCCCC(=O)NCCCCON. The second-order valence-corrected chi connectivity index (χ2v) is 5.54. The van der Waals surface area contributed by atoms with Crippen LogP contribution in [0.15, 0.2) is 0 Å². The molecule has 2 atom stereocenters. The summed E-state index contributed by atoms with van der Waals surface area (Å²) in [5.41, 5.74) is 0. The second-order valence-electron chi connectivity index (χ2n) is 5.54. The largest absolute Gasteiger partial charge is 0.356 e. The molecule has 0 bridgehead atoms. The molecule has 1 aliphatic heterocycles. The highest BCUT2D eigenvalue weighted by Crippen LogP contribution is 2.11. The molecule has 7 heteroatoms. The van der Waals surface area contributed by atoms with Gasteiger partial charge in [-0.2, -0.15) is 0 Å². The molecule has 21 heavy (non-hydrogen) atoms. The summed E-state index contributed by atoms with van der Waals surface area (Å²) in [5.74, 6) is 5.02. The minimum absolute atomic E-state index is 0.0769. The van der Waals surface area contributed by atoms with Gasteiger partial charge < -0.3 is 20.8 Å². The predicted molar refractivity (Wildman–Crippen MR) is 80.4 cm³/mol. The molecule has 0 aromatic rings. The smallest absolute Gasteiger partial charge is 0.315 e. The van der Waals surface area contributed by atoms with Gasteiger partial charge in [0, 0.05) is 19.0 Å². The van der Waals surface area contributed by atoms with E-state index < -0.39 is 0 Å². The molecule has 0 spiro atoms. The second kappa shape index (κ2) is 10.4. The lowest BCUT2D eigenvalue weighted by atomic mass is 10.0. The highest BCUT2D eigenvalue weighted by atomic mass is 16.6. The average Bonchev–Trinajstić information content (AvgIpc) is 2.76. The molecule has 7 nitrogen and oxygen atoms in total. The van der Waals surface area contributed by atoms with Gasteiger partial charge >= 0.3 is 6.03 Å². The van der Waals surface area contributed by atoms with E-state index in [9.17, 15) is 9.59 Å². The first kappa shape index (κ1) is 17.7. The monoisotopic (exact) mass is 300 g/mol. The Morgan fingerprint density at radius 2 is 2.05 bits per heavy atom. The van der Waals surface area contributed by atoms with E-state index in [-0.39, 0.29) is 24.0 Å². The van der Waals surface area contributed by atoms with Gasteiger partial charge in [0.25, 0.3) is 0 Å². The molecule has 1 fully saturated rings. The Kier molecular flexibility index (Phi) is 8.77. The zero-order valence-electron chi connectivity index (χ0n) is 12.8. The van der Waals surface area contributed by atoms with Crippen LogP contribution in [0.1, 0.15) is 51.9 Å². The lowest BCUT2D eigenvalue weighted by molar-refractivity contribution is -0.121. The van der Waals surface area contributed by atoms with Crippen molar-refractivity contribution in [2.24, 2.45) is 5.90 Å². The van der Waals surface area contributed by atoms with Gasteiger partial charge in [0.05, 0.1) is 12.6 Å². The maximum Gasteiger partial charge on any atom is 0.315 e. The number of amides is 3. The Hall–Kier alpha value is -1.34. The van der Waals surface area contributed by atoms with E-state index in [1.54, 1.807) is 0 Å². The Morgan fingerprint density at radius 1 is 1.24 bits per heavy atom. The molecule has 1 rings (SSSR count). The molecule has 0 aromatic heterocycles. The Labute approximate surface area is 126 Å². The van der Waals surface area contributed by atoms with Crippen LogP contribution in [-0.2, 0) is 9.63 Å². The Bertz CT molecular complexity index is 325. The van der Waals surface area contributed by atoms with Gasteiger partial charge in [-0.15, -0.1) is 0 Å². The summed E-state index contributed by atoms with van der Waals surface area (Å²) in [6, 6.07) is 0.335. The lowest BCUT2D eigenvalue weighted by Crippen LogP contribution is -2.30. The standard InChI is InChI=1S/C14H28N4O3/c1-11-12(18-14(20)17-11)7-3-2-4-8-13(19)16-9-5-6-10-21-15/h11-12H,2-10,15H2,1H3,(H,16,19)(H2,17,18,20)/t11-,12+/m1/s1. The molecule has 122 valence electrons. The zero-order valence-corrected chi connectivity index (χ0v) is 12.8. The summed E-state index contributed by atoms with van der Waals surface area (Å²) in [5, 5.41) is 8.62. The summed E-state index contributed by atoms with van der Waals surface area (Å²) >= 11 is 0. The molecule has 1 saturated heterocycles. The van der Waals surface area contributed by atoms with Crippen molar-refractivity contribution in [2.75, 3.05) is 13.2 Å². The van der Waals surface area contributed by atoms with Crippen LogP contribution in [0.5, 0.6) is 0 Å². The van der Waals surface area contributed by atoms with Crippen molar-refractivity contribution in [1.82, 2.24) is 16.0 Å². The first-order valence-electron chi connectivity index (χ1n) is 7.79. The van der Waals surface area contributed by atoms with Crippen molar-refractivity contribution < 1.29 is 14.4 Å². The number of hydrogen-bond acceptors (Lipinski definition) is 4. The van der Waals surface area contributed by atoms with Gasteiger partial charge in [0.1, 0.15) is 0 Å². The molecule has 0 aliphatic carbocycles. The molecular formula is C14H28N4O3. The first-order chi connectivity index (χ1) is 10.1. The van der Waals surface area contributed by atoms with Gasteiger partial charge in [-0.3, -0.25) is 4.79 Å². The summed E-state index contributed by atoms with van der Waals surface area (Å²) in [6.07, 6.45) is 6.19. The number of carbonyl (C=O) groups is 2. The third-order valence-corrected chi connectivity index (χ3v) is 3.71. The third-order valence-electron chi connectivity index (χ3n) is 3.71. The molecular weight excluding hydrogens is 272 g/mol. The van der Waals surface area contributed by atoms with Gasteiger partial charge in [-0.25, -0.2) is 10.7 Å². The Morgan fingerprint density at radius 3 is 2.71 bits per heavy atom. The number of carbonyl (C=O) groups excluding carboxylic acids is 2. The van der Waals surface area contributed by atoms with Crippen molar-refractivity contribution >= 4 is 11.9 Å². The van der Waals surface area contributed by atoms with Crippen LogP contribution in [0.3, 0.4) is 0 Å². The molecule has 0 radical (unpaired) electrons. The summed E-state index contributed by atoms with van der Waals surface area (Å²) in [7, 11) is 0. The topological polar surface area (TPSA) is 105 Å². The number of nitrogens with one attached hydrogen (secondary N) is 3. The van der Waals surface area contributed by atoms with Crippen molar-refractivity contribution in [2.45, 2.75) is 64.0 Å². The normalized spacial score (nSPS) is 21.0. The fraction of sp³-hybridized carbons (Fsp3) is 0.857. The first-order valence-corrected chi connectivity index (χ1v) is 7.79. The van der Waals surface area contributed by atoms with Crippen LogP contribution < -0.4 is 21.8 Å². The van der Waals surface area contributed by atoms with Gasteiger partial charge in [0.2, 0.25) is 5.91 Å². The van der Waals surface area contributed by atoms with E-state index >= 15 is 0 Å². The van der Waals surface area contributed by atoms with E-state index in [0.29, 0.717) is 19.6 Å². The van der Waals surface area contributed by atoms with Gasteiger partial charge in [-0.1, -0.05) is 12.8 Å². The summed E-state index contributed by atoms with van der Waals surface area (Å²) < 4.78 is 0. The van der Waals surface area contributed by atoms with Gasteiger partial charge in [-0.05, 0) is 32.6 Å². The minimum Gasteiger partial charge on any atom is -0.356 e. The van der Waals surface area contributed by atoms with Crippen molar-refractivity contribution in [3.05, 3.63) is 0 Å². The van der Waals surface area contributed by atoms with Crippen LogP contribution in [0, 0.1) is 0 Å².